The fraction of sp³-hybridized carbons (Fsp3) is 0.806. The van der Waals surface area contributed by atoms with Crippen molar-refractivity contribution in [2.75, 3.05) is 0 Å². The molecule has 0 aliphatic rings. The quantitative estimate of drug-likeness (QED) is 0.0654. The van der Waals surface area contributed by atoms with Crippen LogP contribution in [0.3, 0.4) is 0 Å². The number of unbranched alkanes of at least 4 members (excludes halogenated alkanes) is 17. The number of aryl methyl sites for hydroxylation is 1. The molecular formula is C31H56O7S. The Bertz CT molecular complexity index is 828. The SMILES string of the molecule is CCCCCCCC[C@@H](O)[C@H](O)CCCCCCCCCCCCCCCc1cc(O)cc(OS(=O)(=O)O)c1. The van der Waals surface area contributed by atoms with Crippen LogP contribution in [-0.2, 0) is 16.8 Å². The van der Waals surface area contributed by atoms with E-state index in [1.165, 1.54) is 83.1 Å². The molecule has 0 aromatic heterocycles. The zero-order valence-electron chi connectivity index (χ0n) is 24.4. The number of hydrogen-bond acceptors (Lipinski definition) is 6. The predicted molar refractivity (Wildman–Crippen MR) is 159 cm³/mol. The van der Waals surface area contributed by atoms with Crippen molar-refractivity contribution in [3.63, 3.8) is 0 Å². The number of benzene rings is 1. The molecule has 0 aliphatic carbocycles. The molecule has 0 fully saturated rings. The number of hydrogen-bond donors (Lipinski definition) is 4. The third-order valence-corrected chi connectivity index (χ3v) is 7.82. The number of phenolic OH excluding ortho intramolecular Hbond substituents is 1. The maximum atomic E-state index is 10.8. The van der Waals surface area contributed by atoms with Gasteiger partial charge in [-0.1, -0.05) is 122 Å². The molecule has 0 bridgehead atoms. The van der Waals surface area contributed by atoms with Crippen molar-refractivity contribution in [1.82, 2.24) is 0 Å². The zero-order valence-corrected chi connectivity index (χ0v) is 25.2. The lowest BCUT2D eigenvalue weighted by atomic mass is 9.99. The van der Waals surface area contributed by atoms with Crippen molar-refractivity contribution in [3.8, 4) is 11.5 Å². The van der Waals surface area contributed by atoms with Gasteiger partial charge in [0.2, 0.25) is 0 Å². The number of aromatic hydroxyl groups is 1. The van der Waals surface area contributed by atoms with Crippen molar-refractivity contribution < 1.29 is 32.5 Å². The monoisotopic (exact) mass is 572 g/mol. The van der Waals surface area contributed by atoms with Gasteiger partial charge in [-0.25, -0.2) is 0 Å². The fourth-order valence-corrected chi connectivity index (χ4v) is 5.44. The summed E-state index contributed by atoms with van der Waals surface area (Å²) in [5.41, 5.74) is 0.783. The molecule has 0 unspecified atom stereocenters. The van der Waals surface area contributed by atoms with Crippen LogP contribution in [0.2, 0.25) is 0 Å². The lowest BCUT2D eigenvalue weighted by Gasteiger charge is -2.17. The summed E-state index contributed by atoms with van der Waals surface area (Å²) in [5.74, 6) is -0.168. The third kappa shape index (κ3) is 21.1. The molecule has 1 aromatic carbocycles. The van der Waals surface area contributed by atoms with Gasteiger partial charge in [-0.2, -0.15) is 8.42 Å². The molecule has 0 spiro atoms. The van der Waals surface area contributed by atoms with E-state index >= 15 is 0 Å². The van der Waals surface area contributed by atoms with Crippen LogP contribution < -0.4 is 4.18 Å². The first kappa shape index (κ1) is 35.7. The Morgan fingerprint density at radius 3 is 1.49 bits per heavy atom. The van der Waals surface area contributed by atoms with E-state index in [9.17, 15) is 23.7 Å². The van der Waals surface area contributed by atoms with Crippen LogP contribution in [0.15, 0.2) is 18.2 Å². The summed E-state index contributed by atoms with van der Waals surface area (Å²) in [7, 11) is -4.60. The lowest BCUT2D eigenvalue weighted by molar-refractivity contribution is 0.00712. The molecule has 0 radical (unpaired) electrons. The Labute approximate surface area is 238 Å². The average molecular weight is 573 g/mol. The average Bonchev–Trinajstić information content (AvgIpc) is 2.86. The van der Waals surface area contributed by atoms with Crippen LogP contribution >= 0.6 is 0 Å². The first-order chi connectivity index (χ1) is 18.7. The van der Waals surface area contributed by atoms with Gasteiger partial charge in [0.15, 0.2) is 0 Å². The molecule has 1 aromatic rings. The molecule has 4 N–H and O–H groups in total. The fourth-order valence-electron chi connectivity index (χ4n) is 5.10. The topological polar surface area (TPSA) is 124 Å². The number of aliphatic hydroxyl groups excluding tert-OH is 2. The second-order valence-corrected chi connectivity index (χ2v) is 12.2. The molecule has 0 heterocycles. The first-order valence-electron chi connectivity index (χ1n) is 15.6. The van der Waals surface area contributed by atoms with Crippen molar-refractivity contribution in [3.05, 3.63) is 23.8 Å². The summed E-state index contributed by atoms with van der Waals surface area (Å²) in [6.07, 6.45) is 23.6. The van der Waals surface area contributed by atoms with Crippen LogP contribution in [0.5, 0.6) is 11.5 Å². The highest BCUT2D eigenvalue weighted by molar-refractivity contribution is 7.81. The maximum Gasteiger partial charge on any atom is 0.446 e. The minimum atomic E-state index is -4.60. The normalized spacial score (nSPS) is 13.4. The third-order valence-electron chi connectivity index (χ3n) is 7.42. The van der Waals surface area contributed by atoms with Crippen molar-refractivity contribution in [1.29, 1.82) is 0 Å². The van der Waals surface area contributed by atoms with Gasteiger partial charge in [0, 0.05) is 6.07 Å². The molecule has 1 rings (SSSR count). The van der Waals surface area contributed by atoms with E-state index in [1.807, 2.05) is 0 Å². The molecule has 8 heteroatoms. The number of aliphatic hydroxyl groups is 2. The summed E-state index contributed by atoms with van der Waals surface area (Å²) >= 11 is 0. The van der Waals surface area contributed by atoms with E-state index in [1.54, 1.807) is 6.07 Å². The van der Waals surface area contributed by atoms with Gasteiger partial charge in [0.25, 0.3) is 0 Å². The van der Waals surface area contributed by atoms with Crippen molar-refractivity contribution in [2.45, 2.75) is 160 Å². The molecule has 39 heavy (non-hydrogen) atoms. The summed E-state index contributed by atoms with van der Waals surface area (Å²) in [6, 6.07) is 4.27. The van der Waals surface area contributed by atoms with Crippen molar-refractivity contribution in [2.24, 2.45) is 0 Å². The Kier molecular flexibility index (Phi) is 20.4. The minimum absolute atomic E-state index is 0.0831. The standard InChI is InChI=1S/C31H56O7S/c1-2-3-4-5-16-19-22-30(33)31(34)23-20-17-14-12-10-8-6-7-9-11-13-15-18-21-27-24-28(32)26-29(25-27)38-39(35,36)37/h24-26,30-34H,2-23H2,1H3,(H,35,36,37)/t30-,31-/m1/s1. The molecule has 0 saturated carbocycles. The van der Waals surface area contributed by atoms with E-state index in [2.05, 4.69) is 11.1 Å². The lowest BCUT2D eigenvalue weighted by Crippen LogP contribution is -2.25. The van der Waals surface area contributed by atoms with Gasteiger partial charge in [-0.15, -0.1) is 0 Å². The Hall–Kier alpha value is -1.35. The van der Waals surface area contributed by atoms with Gasteiger partial charge in [-0.05, 0) is 43.4 Å². The van der Waals surface area contributed by atoms with Gasteiger partial charge >= 0.3 is 10.4 Å². The van der Waals surface area contributed by atoms with Crippen LogP contribution in [0.25, 0.3) is 0 Å². The molecular weight excluding hydrogens is 516 g/mol. The van der Waals surface area contributed by atoms with Gasteiger partial charge < -0.3 is 19.5 Å². The van der Waals surface area contributed by atoms with Crippen LogP contribution in [0.1, 0.15) is 147 Å². The highest BCUT2D eigenvalue weighted by atomic mass is 32.3. The zero-order chi connectivity index (χ0) is 28.8. The van der Waals surface area contributed by atoms with E-state index in [0.717, 1.165) is 69.4 Å². The summed E-state index contributed by atoms with van der Waals surface area (Å²) in [6.45, 7) is 2.21. The van der Waals surface area contributed by atoms with E-state index in [4.69, 9.17) is 4.55 Å². The number of phenols is 1. The van der Waals surface area contributed by atoms with Crippen LogP contribution in [0, 0.1) is 0 Å². The molecule has 0 aliphatic heterocycles. The Balaban J connectivity index is 1.90. The molecule has 228 valence electrons. The van der Waals surface area contributed by atoms with E-state index < -0.39 is 22.6 Å². The highest BCUT2D eigenvalue weighted by Crippen LogP contribution is 2.24. The second-order valence-electron chi connectivity index (χ2n) is 11.2. The molecule has 2 atom stereocenters. The van der Waals surface area contributed by atoms with E-state index in [-0.39, 0.29) is 11.5 Å². The Morgan fingerprint density at radius 2 is 1.05 bits per heavy atom. The Morgan fingerprint density at radius 1 is 0.641 bits per heavy atom. The minimum Gasteiger partial charge on any atom is -0.508 e. The second kappa shape index (κ2) is 22.4. The van der Waals surface area contributed by atoms with Crippen LogP contribution in [0.4, 0.5) is 0 Å². The van der Waals surface area contributed by atoms with E-state index in [0.29, 0.717) is 6.42 Å². The first-order valence-corrected chi connectivity index (χ1v) is 16.9. The molecule has 0 amide bonds. The molecule has 0 saturated heterocycles. The number of rotatable bonds is 26. The van der Waals surface area contributed by atoms with Crippen molar-refractivity contribution >= 4 is 10.4 Å². The van der Waals surface area contributed by atoms with Gasteiger partial charge in [-0.3, -0.25) is 4.55 Å². The van der Waals surface area contributed by atoms with Gasteiger partial charge in [0.05, 0.1) is 12.2 Å². The summed E-state index contributed by atoms with van der Waals surface area (Å²) < 4.78 is 34.9. The summed E-state index contributed by atoms with van der Waals surface area (Å²) in [5, 5.41) is 30.0. The smallest absolute Gasteiger partial charge is 0.446 e. The largest absolute Gasteiger partial charge is 0.508 e. The maximum absolute atomic E-state index is 10.8. The van der Waals surface area contributed by atoms with Gasteiger partial charge in [0.1, 0.15) is 11.5 Å². The summed E-state index contributed by atoms with van der Waals surface area (Å²) in [4.78, 5) is 0. The predicted octanol–water partition coefficient (Wildman–Crippen LogP) is 8.05. The van der Waals surface area contributed by atoms with Crippen LogP contribution in [-0.4, -0.2) is 40.5 Å². The highest BCUT2D eigenvalue weighted by Gasteiger charge is 2.15. The molecule has 7 nitrogen and oxygen atoms in total.